The lowest BCUT2D eigenvalue weighted by Gasteiger charge is -2.45. The first-order valence-electron chi connectivity index (χ1n) is 6.08. The normalized spacial score (nSPS) is 35.6. The molecular weight excluding hydrogens is 192 g/mol. The second-order valence-electron chi connectivity index (χ2n) is 4.79. The second-order valence-corrected chi connectivity index (χ2v) is 4.79. The van der Waals surface area contributed by atoms with Gasteiger partial charge in [-0.15, -0.1) is 0 Å². The largest absolute Gasteiger partial charge is 0.673 e. The van der Waals surface area contributed by atoms with E-state index in [1.54, 1.807) is 0 Å². The molecule has 5 heteroatoms. The van der Waals surface area contributed by atoms with Crippen LogP contribution < -0.4 is 0 Å². The summed E-state index contributed by atoms with van der Waals surface area (Å²) in [6.45, 7) is 1.86. The average molecular weight is 210 g/mol. The number of fused-ring (bicyclic) bond motifs is 3. The van der Waals surface area contributed by atoms with Crippen molar-refractivity contribution in [1.82, 2.24) is 10.0 Å². The van der Waals surface area contributed by atoms with Crippen molar-refractivity contribution in [1.29, 1.82) is 0 Å². The Hall–Kier alpha value is -1.00. The van der Waals surface area contributed by atoms with Crippen LogP contribution in [0.5, 0.6) is 0 Å². The molecule has 3 aliphatic rings. The number of rotatable bonds is 0. The molecule has 3 aliphatic heterocycles. The van der Waals surface area contributed by atoms with Crippen molar-refractivity contribution < 1.29 is 4.97 Å². The molecule has 2 unspecified atom stereocenters. The lowest BCUT2D eigenvalue weighted by Crippen LogP contribution is -2.59. The molecular formula is C10H18N4O. The van der Waals surface area contributed by atoms with E-state index in [1.807, 2.05) is 10.0 Å². The van der Waals surface area contributed by atoms with Crippen molar-refractivity contribution >= 4 is 0 Å². The maximum Gasteiger partial charge on any atom is 0.141 e. The number of hydrazine groups is 1. The van der Waals surface area contributed by atoms with E-state index in [2.05, 4.69) is 5.22 Å². The summed E-state index contributed by atoms with van der Waals surface area (Å²) in [5, 5.41) is 19.8. The molecule has 0 N–H and O–H groups in total. The van der Waals surface area contributed by atoms with Gasteiger partial charge < -0.3 is 5.21 Å². The lowest BCUT2D eigenvalue weighted by atomic mass is 9.90. The standard InChI is InChI=1S/C10H18N4O/c15-14-11-12-7-3-1-5-9(12)10-6-2-4-8-13(10)14/h9-10H,1-8H2. The Kier molecular flexibility index (Phi) is 2.18. The Morgan fingerprint density at radius 3 is 2.60 bits per heavy atom. The topological polar surface area (TPSA) is 44.9 Å². The molecule has 15 heavy (non-hydrogen) atoms. The zero-order valence-electron chi connectivity index (χ0n) is 9.01. The molecule has 3 rings (SSSR count). The van der Waals surface area contributed by atoms with Crippen LogP contribution >= 0.6 is 0 Å². The van der Waals surface area contributed by atoms with E-state index in [9.17, 15) is 5.21 Å². The van der Waals surface area contributed by atoms with Gasteiger partial charge in [0.15, 0.2) is 0 Å². The molecule has 2 saturated heterocycles. The van der Waals surface area contributed by atoms with Gasteiger partial charge in [0.1, 0.15) is 23.9 Å². The zero-order chi connectivity index (χ0) is 10.3. The molecule has 2 atom stereocenters. The maximum absolute atomic E-state index is 11.7. The van der Waals surface area contributed by atoms with Crippen LogP contribution in [0.1, 0.15) is 38.5 Å². The van der Waals surface area contributed by atoms with Gasteiger partial charge in [0.05, 0.1) is 6.54 Å². The quantitative estimate of drug-likeness (QED) is 0.449. The molecule has 0 spiro atoms. The van der Waals surface area contributed by atoms with Crippen LogP contribution in [0.2, 0.25) is 0 Å². The van der Waals surface area contributed by atoms with Gasteiger partial charge in [-0.1, -0.05) is 4.97 Å². The maximum atomic E-state index is 11.7. The summed E-state index contributed by atoms with van der Waals surface area (Å²) >= 11 is 0. The summed E-state index contributed by atoms with van der Waals surface area (Å²) in [6, 6.07) is 0.929. The van der Waals surface area contributed by atoms with Crippen molar-refractivity contribution in [2.24, 2.45) is 5.22 Å². The Bertz CT molecular complexity index is 281. The minimum absolute atomic E-state index is 0.425. The fourth-order valence-electron chi connectivity index (χ4n) is 3.14. The van der Waals surface area contributed by atoms with E-state index in [0.717, 1.165) is 30.9 Å². The highest BCUT2D eigenvalue weighted by atomic mass is 16.6. The van der Waals surface area contributed by atoms with Crippen molar-refractivity contribution in [3.8, 4) is 0 Å². The first kappa shape index (κ1) is 9.24. The predicted octanol–water partition coefficient (Wildman–Crippen LogP) is 1.50. The number of hydrogen-bond donors (Lipinski definition) is 0. The van der Waals surface area contributed by atoms with Gasteiger partial charge in [-0.2, -0.15) is 5.01 Å². The molecule has 0 aliphatic carbocycles. The van der Waals surface area contributed by atoms with Crippen LogP contribution in [0.3, 0.4) is 0 Å². The number of hydrogen-bond acceptors (Lipinski definition) is 4. The molecule has 5 nitrogen and oxygen atoms in total. The first-order chi connectivity index (χ1) is 7.36. The van der Waals surface area contributed by atoms with Crippen LogP contribution in [-0.2, 0) is 0 Å². The summed E-state index contributed by atoms with van der Waals surface area (Å²) in [7, 11) is 0. The number of piperidine rings is 2. The van der Waals surface area contributed by atoms with Crippen LogP contribution in [0.25, 0.3) is 0 Å². The third-order valence-electron chi connectivity index (χ3n) is 3.90. The summed E-state index contributed by atoms with van der Waals surface area (Å²) < 4.78 is 0. The molecule has 0 aromatic heterocycles. The fourth-order valence-corrected chi connectivity index (χ4v) is 3.14. The van der Waals surface area contributed by atoms with Gasteiger partial charge in [-0.05, 0) is 38.5 Å². The molecule has 3 heterocycles. The van der Waals surface area contributed by atoms with Crippen molar-refractivity contribution in [3.63, 3.8) is 0 Å². The highest BCUT2D eigenvalue weighted by Gasteiger charge is 2.44. The molecule has 0 aromatic rings. The third-order valence-corrected chi connectivity index (χ3v) is 3.90. The van der Waals surface area contributed by atoms with Crippen molar-refractivity contribution in [2.75, 3.05) is 13.1 Å². The minimum Gasteiger partial charge on any atom is -0.673 e. The molecule has 2 fully saturated rings. The Labute approximate surface area is 89.9 Å². The van der Waals surface area contributed by atoms with Crippen LogP contribution in [-0.4, -0.2) is 40.2 Å². The molecule has 0 saturated carbocycles. The summed E-state index contributed by atoms with van der Waals surface area (Å²) in [5.41, 5.74) is 0. The highest BCUT2D eigenvalue weighted by molar-refractivity contribution is 4.88. The van der Waals surface area contributed by atoms with Gasteiger partial charge in [-0.3, -0.25) is 0 Å². The predicted molar refractivity (Wildman–Crippen MR) is 54.7 cm³/mol. The van der Waals surface area contributed by atoms with E-state index in [4.69, 9.17) is 0 Å². The van der Waals surface area contributed by atoms with Crippen LogP contribution in [0.15, 0.2) is 5.22 Å². The highest BCUT2D eigenvalue weighted by Crippen LogP contribution is 2.31. The fraction of sp³-hybridized carbons (Fsp3) is 1.00. The smallest absolute Gasteiger partial charge is 0.141 e. The lowest BCUT2D eigenvalue weighted by molar-refractivity contribution is -0.726. The monoisotopic (exact) mass is 210 g/mol. The van der Waals surface area contributed by atoms with E-state index >= 15 is 0 Å². The molecule has 84 valence electrons. The number of nitrogens with zero attached hydrogens (tertiary/aromatic N) is 4. The molecule has 0 amide bonds. The van der Waals surface area contributed by atoms with Crippen molar-refractivity contribution in [3.05, 3.63) is 5.21 Å². The van der Waals surface area contributed by atoms with Gasteiger partial charge >= 0.3 is 0 Å². The third kappa shape index (κ3) is 1.44. The van der Waals surface area contributed by atoms with Gasteiger partial charge in [0.25, 0.3) is 0 Å². The van der Waals surface area contributed by atoms with Gasteiger partial charge in [-0.25, -0.2) is 5.01 Å². The van der Waals surface area contributed by atoms with Crippen LogP contribution in [0.4, 0.5) is 0 Å². The van der Waals surface area contributed by atoms with E-state index in [1.165, 1.54) is 25.7 Å². The van der Waals surface area contributed by atoms with Gasteiger partial charge in [0, 0.05) is 0 Å². The van der Waals surface area contributed by atoms with E-state index in [0.29, 0.717) is 12.1 Å². The molecule has 0 bridgehead atoms. The SMILES string of the molecule is [O-][N+]1=NN2CCCCC2C2CCCCN21. The van der Waals surface area contributed by atoms with Gasteiger partial charge in [0.2, 0.25) is 0 Å². The summed E-state index contributed by atoms with van der Waals surface area (Å²) in [5.74, 6) is 0. The van der Waals surface area contributed by atoms with Crippen LogP contribution in [0, 0.1) is 5.21 Å². The Morgan fingerprint density at radius 1 is 1.00 bits per heavy atom. The molecule has 0 aromatic carbocycles. The van der Waals surface area contributed by atoms with Crippen molar-refractivity contribution in [2.45, 2.75) is 50.6 Å². The van der Waals surface area contributed by atoms with E-state index < -0.39 is 0 Å². The molecule has 0 radical (unpaired) electrons. The van der Waals surface area contributed by atoms with E-state index in [-0.39, 0.29) is 0 Å². The minimum atomic E-state index is 0.425. The second kappa shape index (κ2) is 3.54. The summed E-state index contributed by atoms with van der Waals surface area (Å²) in [4.78, 5) is 0.839. The first-order valence-corrected chi connectivity index (χ1v) is 6.08. The summed E-state index contributed by atoms with van der Waals surface area (Å²) in [6.07, 6.45) is 7.24. The zero-order valence-corrected chi connectivity index (χ0v) is 9.01. The Balaban J connectivity index is 1.88. The average Bonchev–Trinajstić information content (AvgIpc) is 2.30. The Morgan fingerprint density at radius 2 is 1.73 bits per heavy atom.